The van der Waals surface area contributed by atoms with E-state index in [0.29, 0.717) is 28.6 Å². The molecule has 2 heterocycles. The van der Waals surface area contributed by atoms with Crippen molar-refractivity contribution in [2.24, 2.45) is 0 Å². The molecule has 0 N–H and O–H groups in total. The van der Waals surface area contributed by atoms with Crippen molar-refractivity contribution in [1.82, 2.24) is 9.97 Å². The fraction of sp³-hybridized carbons (Fsp3) is 0.167. The zero-order valence-electron chi connectivity index (χ0n) is 9.51. The van der Waals surface area contributed by atoms with Crippen LogP contribution in [0.25, 0.3) is 11.4 Å². The Balaban J connectivity index is 2.13. The maximum absolute atomic E-state index is 12.8. The van der Waals surface area contributed by atoms with E-state index in [1.807, 2.05) is 0 Å². The van der Waals surface area contributed by atoms with E-state index in [4.69, 9.17) is 14.2 Å². The number of benzene rings is 1. The number of halogens is 1. The molecule has 1 aliphatic heterocycles. The molecule has 6 heteroatoms. The molecule has 0 saturated carbocycles. The quantitative estimate of drug-likeness (QED) is 0.813. The molecule has 18 heavy (non-hydrogen) atoms. The maximum Gasteiger partial charge on any atom is 0.231 e. The summed E-state index contributed by atoms with van der Waals surface area (Å²) in [6.45, 7) is 0.173. The lowest BCUT2D eigenvalue weighted by Crippen LogP contribution is -1.94. The first-order chi connectivity index (χ1) is 8.78. The summed E-state index contributed by atoms with van der Waals surface area (Å²) in [5.41, 5.74) is 0.627. The van der Waals surface area contributed by atoms with Gasteiger partial charge in [-0.25, -0.2) is 14.4 Å². The predicted octanol–water partition coefficient (Wildman–Crippen LogP) is 2.02. The summed E-state index contributed by atoms with van der Waals surface area (Å²) in [4.78, 5) is 7.84. The van der Waals surface area contributed by atoms with Crippen LogP contribution in [-0.4, -0.2) is 23.9 Å². The van der Waals surface area contributed by atoms with Crippen LogP contribution in [-0.2, 0) is 0 Å². The topological polar surface area (TPSA) is 53.5 Å². The summed E-state index contributed by atoms with van der Waals surface area (Å²) >= 11 is 0. The number of nitrogens with zero attached hydrogens (tertiary/aromatic N) is 2. The Morgan fingerprint density at radius 1 is 1.17 bits per heavy atom. The second-order valence-corrected chi connectivity index (χ2v) is 3.63. The van der Waals surface area contributed by atoms with E-state index in [-0.39, 0.29) is 6.79 Å². The Bertz CT molecular complexity index is 587. The van der Waals surface area contributed by atoms with E-state index in [2.05, 4.69) is 9.97 Å². The number of rotatable bonds is 2. The molecule has 1 aromatic carbocycles. The molecule has 0 aliphatic carbocycles. The summed E-state index contributed by atoms with van der Waals surface area (Å²) < 4.78 is 28.6. The summed E-state index contributed by atoms with van der Waals surface area (Å²) in [7, 11) is 1.53. The van der Waals surface area contributed by atoms with Gasteiger partial charge in [-0.2, -0.15) is 0 Å². The second-order valence-electron chi connectivity index (χ2n) is 3.63. The Kier molecular flexibility index (Phi) is 2.47. The SMILES string of the molecule is COc1cc2c(cc1-c1ncc(F)cn1)OCO2. The Morgan fingerprint density at radius 2 is 1.83 bits per heavy atom. The predicted molar refractivity (Wildman–Crippen MR) is 60.1 cm³/mol. The zero-order chi connectivity index (χ0) is 12.5. The van der Waals surface area contributed by atoms with E-state index >= 15 is 0 Å². The molecule has 0 unspecified atom stereocenters. The fourth-order valence-corrected chi connectivity index (χ4v) is 1.72. The molecule has 92 valence electrons. The van der Waals surface area contributed by atoms with Crippen molar-refractivity contribution < 1.29 is 18.6 Å². The monoisotopic (exact) mass is 248 g/mol. The lowest BCUT2D eigenvalue weighted by atomic mass is 10.1. The fourth-order valence-electron chi connectivity index (χ4n) is 1.72. The highest BCUT2D eigenvalue weighted by Gasteiger charge is 2.19. The van der Waals surface area contributed by atoms with E-state index in [9.17, 15) is 4.39 Å². The third kappa shape index (κ3) is 1.71. The highest BCUT2D eigenvalue weighted by Crippen LogP contribution is 2.41. The Hall–Kier alpha value is -2.37. The molecule has 0 bridgehead atoms. The van der Waals surface area contributed by atoms with Gasteiger partial charge in [-0.15, -0.1) is 0 Å². The van der Waals surface area contributed by atoms with Crippen LogP contribution in [0.5, 0.6) is 17.2 Å². The van der Waals surface area contributed by atoms with E-state index in [1.165, 1.54) is 7.11 Å². The van der Waals surface area contributed by atoms with Gasteiger partial charge in [0.2, 0.25) is 6.79 Å². The molecule has 0 saturated heterocycles. The average molecular weight is 248 g/mol. The van der Waals surface area contributed by atoms with Crippen molar-refractivity contribution in [1.29, 1.82) is 0 Å². The van der Waals surface area contributed by atoms with Crippen LogP contribution >= 0.6 is 0 Å². The molecule has 3 rings (SSSR count). The molecule has 1 aliphatic rings. The van der Waals surface area contributed by atoms with Gasteiger partial charge < -0.3 is 14.2 Å². The van der Waals surface area contributed by atoms with Gasteiger partial charge in [-0.3, -0.25) is 0 Å². The minimum Gasteiger partial charge on any atom is -0.496 e. The summed E-state index contributed by atoms with van der Waals surface area (Å²) in [5.74, 6) is 1.63. The van der Waals surface area contributed by atoms with Crippen molar-refractivity contribution in [3.8, 4) is 28.6 Å². The first-order valence-electron chi connectivity index (χ1n) is 5.23. The molecule has 2 aromatic rings. The molecule has 1 aromatic heterocycles. The molecule has 5 nitrogen and oxygen atoms in total. The highest BCUT2D eigenvalue weighted by molar-refractivity contribution is 5.69. The van der Waals surface area contributed by atoms with Crippen molar-refractivity contribution in [3.05, 3.63) is 30.3 Å². The zero-order valence-corrected chi connectivity index (χ0v) is 9.51. The maximum atomic E-state index is 12.8. The first kappa shape index (κ1) is 10.8. The first-order valence-corrected chi connectivity index (χ1v) is 5.23. The number of fused-ring (bicyclic) bond motifs is 1. The average Bonchev–Trinajstić information content (AvgIpc) is 2.85. The number of hydrogen-bond acceptors (Lipinski definition) is 5. The van der Waals surface area contributed by atoms with Crippen LogP contribution in [0.3, 0.4) is 0 Å². The molecular formula is C12H9FN2O3. The van der Waals surface area contributed by atoms with Gasteiger partial charge in [0.15, 0.2) is 23.1 Å². The molecule has 0 atom stereocenters. The van der Waals surface area contributed by atoms with Gasteiger partial charge in [0.05, 0.1) is 25.1 Å². The number of methoxy groups -OCH3 is 1. The Labute approximate surface area is 102 Å². The normalized spacial score (nSPS) is 12.6. The van der Waals surface area contributed by atoms with Gasteiger partial charge in [0.1, 0.15) is 5.75 Å². The van der Waals surface area contributed by atoms with Gasteiger partial charge in [-0.1, -0.05) is 0 Å². The molecular weight excluding hydrogens is 239 g/mol. The van der Waals surface area contributed by atoms with Gasteiger partial charge in [0, 0.05) is 6.07 Å². The molecule has 0 spiro atoms. The van der Waals surface area contributed by atoms with Crippen LogP contribution in [0, 0.1) is 5.82 Å². The van der Waals surface area contributed by atoms with Crippen LogP contribution in [0.2, 0.25) is 0 Å². The van der Waals surface area contributed by atoms with Crippen LogP contribution in [0.4, 0.5) is 4.39 Å². The number of aromatic nitrogens is 2. The summed E-state index contributed by atoms with van der Waals surface area (Å²) in [6, 6.07) is 3.42. The highest BCUT2D eigenvalue weighted by atomic mass is 19.1. The van der Waals surface area contributed by atoms with Crippen LogP contribution < -0.4 is 14.2 Å². The minimum absolute atomic E-state index is 0.173. The van der Waals surface area contributed by atoms with Crippen LogP contribution in [0.15, 0.2) is 24.5 Å². The lowest BCUT2D eigenvalue weighted by Gasteiger charge is -2.08. The van der Waals surface area contributed by atoms with Gasteiger partial charge in [0.25, 0.3) is 0 Å². The summed E-state index contributed by atoms with van der Waals surface area (Å²) in [6.07, 6.45) is 2.21. The minimum atomic E-state index is -0.488. The van der Waals surface area contributed by atoms with E-state index < -0.39 is 5.82 Å². The van der Waals surface area contributed by atoms with Crippen molar-refractivity contribution in [2.45, 2.75) is 0 Å². The molecule has 0 radical (unpaired) electrons. The lowest BCUT2D eigenvalue weighted by molar-refractivity contribution is 0.174. The smallest absolute Gasteiger partial charge is 0.231 e. The third-order valence-corrected chi connectivity index (χ3v) is 2.56. The third-order valence-electron chi connectivity index (χ3n) is 2.56. The number of hydrogen-bond donors (Lipinski definition) is 0. The van der Waals surface area contributed by atoms with E-state index in [0.717, 1.165) is 12.4 Å². The largest absolute Gasteiger partial charge is 0.496 e. The summed E-state index contributed by atoms with van der Waals surface area (Å²) in [5, 5.41) is 0. The van der Waals surface area contributed by atoms with Gasteiger partial charge >= 0.3 is 0 Å². The van der Waals surface area contributed by atoms with Crippen molar-refractivity contribution in [3.63, 3.8) is 0 Å². The molecule has 0 fully saturated rings. The van der Waals surface area contributed by atoms with Gasteiger partial charge in [-0.05, 0) is 6.07 Å². The second kappa shape index (κ2) is 4.14. The van der Waals surface area contributed by atoms with E-state index in [1.54, 1.807) is 12.1 Å². The van der Waals surface area contributed by atoms with Crippen LogP contribution in [0.1, 0.15) is 0 Å². The standard InChI is InChI=1S/C12H9FN2O3/c1-16-9-3-11-10(17-6-18-11)2-8(9)12-14-4-7(13)5-15-12/h2-5H,6H2,1H3. The van der Waals surface area contributed by atoms with Crippen molar-refractivity contribution in [2.75, 3.05) is 13.9 Å². The number of ether oxygens (including phenoxy) is 3. The van der Waals surface area contributed by atoms with Crippen molar-refractivity contribution >= 4 is 0 Å². The Morgan fingerprint density at radius 3 is 2.50 bits per heavy atom. The molecule has 0 amide bonds.